The van der Waals surface area contributed by atoms with Gasteiger partial charge in [0.1, 0.15) is 5.75 Å². The second-order valence-electron chi connectivity index (χ2n) is 10.7. The number of benzene rings is 1. The van der Waals surface area contributed by atoms with Crippen LogP contribution in [-0.4, -0.2) is 11.0 Å². The van der Waals surface area contributed by atoms with Crippen molar-refractivity contribution in [3.05, 3.63) is 48.2 Å². The fourth-order valence-electron chi connectivity index (χ4n) is 4.58. The lowest BCUT2D eigenvalue weighted by atomic mass is 9.86. The standard InChI is InChI=1S/C33H48N2O2/c1-4-6-8-10-11-12-13-14-15-16-18-28-19-24-31(35-26-28)29-20-22-30(23-21-29)37-32(36)33(3,27-34)25-17-9-7-5-2/h19-24,26H,4-18,25H2,1-3H3. The van der Waals surface area contributed by atoms with Gasteiger partial charge < -0.3 is 4.74 Å². The minimum atomic E-state index is -1.11. The number of hydrogen-bond donors (Lipinski definition) is 0. The van der Waals surface area contributed by atoms with Crippen LogP contribution in [0.2, 0.25) is 0 Å². The lowest BCUT2D eigenvalue weighted by Crippen LogP contribution is -2.30. The summed E-state index contributed by atoms with van der Waals surface area (Å²) >= 11 is 0. The van der Waals surface area contributed by atoms with Crippen LogP contribution in [0.5, 0.6) is 5.75 Å². The van der Waals surface area contributed by atoms with E-state index in [4.69, 9.17) is 4.74 Å². The van der Waals surface area contributed by atoms with Crippen LogP contribution < -0.4 is 4.74 Å². The first-order valence-electron chi connectivity index (χ1n) is 14.7. The molecular weight excluding hydrogens is 456 g/mol. The number of nitriles is 1. The number of pyridine rings is 1. The molecule has 1 heterocycles. The van der Waals surface area contributed by atoms with Crippen LogP contribution in [0.15, 0.2) is 42.6 Å². The first kappa shape index (κ1) is 30.6. The van der Waals surface area contributed by atoms with E-state index in [1.54, 1.807) is 19.1 Å². The van der Waals surface area contributed by atoms with Gasteiger partial charge in [0.25, 0.3) is 0 Å². The highest BCUT2D eigenvalue weighted by molar-refractivity contribution is 5.81. The summed E-state index contributed by atoms with van der Waals surface area (Å²) in [6, 6.07) is 13.8. The molecular formula is C33H48N2O2. The molecule has 0 aliphatic rings. The molecule has 0 saturated heterocycles. The van der Waals surface area contributed by atoms with Gasteiger partial charge in [0.2, 0.25) is 0 Å². The molecule has 0 amide bonds. The third-order valence-corrected chi connectivity index (χ3v) is 7.23. The molecule has 4 nitrogen and oxygen atoms in total. The van der Waals surface area contributed by atoms with Crippen LogP contribution in [-0.2, 0) is 11.2 Å². The van der Waals surface area contributed by atoms with Crippen LogP contribution in [0, 0.1) is 16.7 Å². The summed E-state index contributed by atoms with van der Waals surface area (Å²) < 4.78 is 5.56. The Bertz CT molecular complexity index is 930. The summed E-state index contributed by atoms with van der Waals surface area (Å²) in [5.41, 5.74) is 2.05. The summed E-state index contributed by atoms with van der Waals surface area (Å²) in [5.74, 6) is -0.0185. The van der Waals surface area contributed by atoms with Gasteiger partial charge in [-0.2, -0.15) is 5.26 Å². The molecule has 1 unspecified atom stereocenters. The van der Waals surface area contributed by atoms with Gasteiger partial charge in [-0.05, 0) is 62.1 Å². The molecule has 2 rings (SSSR count). The summed E-state index contributed by atoms with van der Waals surface area (Å²) in [4.78, 5) is 17.3. The zero-order chi connectivity index (χ0) is 26.8. The zero-order valence-electron chi connectivity index (χ0n) is 23.6. The highest BCUT2D eigenvalue weighted by atomic mass is 16.5. The fourth-order valence-corrected chi connectivity index (χ4v) is 4.58. The first-order valence-corrected chi connectivity index (χ1v) is 14.7. The monoisotopic (exact) mass is 504 g/mol. The number of unbranched alkanes of at least 4 members (excludes halogenated alkanes) is 12. The molecule has 202 valence electrons. The first-order chi connectivity index (χ1) is 18.0. The summed E-state index contributed by atoms with van der Waals surface area (Å²) in [5, 5.41) is 9.58. The van der Waals surface area contributed by atoms with E-state index in [0.29, 0.717) is 12.2 Å². The van der Waals surface area contributed by atoms with E-state index < -0.39 is 11.4 Å². The van der Waals surface area contributed by atoms with Gasteiger partial charge in [-0.3, -0.25) is 4.98 Å². The molecule has 0 fully saturated rings. The predicted molar refractivity (Wildman–Crippen MR) is 153 cm³/mol. The molecule has 2 aromatic rings. The lowest BCUT2D eigenvalue weighted by Gasteiger charge is -2.19. The summed E-state index contributed by atoms with van der Waals surface area (Å²) in [7, 11) is 0. The number of rotatable bonds is 19. The minimum absolute atomic E-state index is 0.460. The van der Waals surface area contributed by atoms with E-state index in [-0.39, 0.29) is 0 Å². The van der Waals surface area contributed by atoms with E-state index in [9.17, 15) is 10.1 Å². The van der Waals surface area contributed by atoms with Crippen molar-refractivity contribution >= 4 is 5.97 Å². The van der Waals surface area contributed by atoms with Crippen molar-refractivity contribution in [3.8, 4) is 23.1 Å². The highest BCUT2D eigenvalue weighted by Crippen LogP contribution is 2.28. The van der Waals surface area contributed by atoms with E-state index >= 15 is 0 Å². The van der Waals surface area contributed by atoms with Crippen molar-refractivity contribution < 1.29 is 9.53 Å². The Kier molecular flexibility index (Phi) is 14.6. The zero-order valence-corrected chi connectivity index (χ0v) is 23.6. The molecule has 0 bridgehead atoms. The van der Waals surface area contributed by atoms with Gasteiger partial charge in [0, 0.05) is 11.8 Å². The Morgan fingerprint density at radius 1 is 0.811 bits per heavy atom. The fraction of sp³-hybridized carbons (Fsp3) is 0.606. The van der Waals surface area contributed by atoms with Gasteiger partial charge in [0.15, 0.2) is 5.41 Å². The molecule has 0 N–H and O–H groups in total. The average molecular weight is 505 g/mol. The van der Waals surface area contributed by atoms with Crippen LogP contribution in [0.3, 0.4) is 0 Å². The number of aryl methyl sites for hydroxylation is 1. The molecule has 4 heteroatoms. The van der Waals surface area contributed by atoms with E-state index in [0.717, 1.165) is 43.4 Å². The van der Waals surface area contributed by atoms with Crippen LogP contribution in [0.1, 0.15) is 123 Å². The number of esters is 1. The van der Waals surface area contributed by atoms with Crippen molar-refractivity contribution in [2.24, 2.45) is 5.41 Å². The highest BCUT2D eigenvalue weighted by Gasteiger charge is 2.35. The average Bonchev–Trinajstić information content (AvgIpc) is 2.93. The lowest BCUT2D eigenvalue weighted by molar-refractivity contribution is -0.142. The maximum atomic E-state index is 12.7. The minimum Gasteiger partial charge on any atom is -0.425 e. The largest absolute Gasteiger partial charge is 0.425 e. The Morgan fingerprint density at radius 2 is 1.38 bits per heavy atom. The van der Waals surface area contributed by atoms with Gasteiger partial charge in [0.05, 0.1) is 11.8 Å². The second kappa shape index (κ2) is 17.7. The molecule has 0 aliphatic carbocycles. The molecule has 0 radical (unpaired) electrons. The maximum Gasteiger partial charge on any atom is 0.331 e. The summed E-state index contributed by atoms with van der Waals surface area (Å²) in [6.07, 6.45) is 21.2. The summed E-state index contributed by atoms with van der Waals surface area (Å²) in [6.45, 7) is 6.09. The van der Waals surface area contributed by atoms with Crippen LogP contribution in [0.4, 0.5) is 0 Å². The number of carbonyl (C=O) groups excluding carboxylic acids is 1. The molecule has 37 heavy (non-hydrogen) atoms. The third-order valence-electron chi connectivity index (χ3n) is 7.23. The number of carbonyl (C=O) groups is 1. The van der Waals surface area contributed by atoms with Gasteiger partial charge in [-0.1, -0.05) is 103 Å². The van der Waals surface area contributed by atoms with E-state index in [2.05, 4.69) is 37.0 Å². The normalized spacial score (nSPS) is 12.6. The van der Waals surface area contributed by atoms with Crippen molar-refractivity contribution in [1.29, 1.82) is 5.26 Å². The predicted octanol–water partition coefficient (Wildman–Crippen LogP) is 9.62. The number of aromatic nitrogens is 1. The van der Waals surface area contributed by atoms with E-state index in [1.807, 2.05) is 18.3 Å². The van der Waals surface area contributed by atoms with Crippen molar-refractivity contribution in [3.63, 3.8) is 0 Å². The molecule has 1 atom stereocenters. The smallest absolute Gasteiger partial charge is 0.331 e. The molecule has 0 aliphatic heterocycles. The molecule has 1 aromatic heterocycles. The van der Waals surface area contributed by atoms with Crippen LogP contribution >= 0.6 is 0 Å². The Morgan fingerprint density at radius 3 is 1.92 bits per heavy atom. The van der Waals surface area contributed by atoms with Crippen molar-refractivity contribution in [1.82, 2.24) is 4.98 Å². The topological polar surface area (TPSA) is 63.0 Å². The third kappa shape index (κ3) is 11.5. The van der Waals surface area contributed by atoms with Crippen molar-refractivity contribution in [2.45, 2.75) is 124 Å². The van der Waals surface area contributed by atoms with Gasteiger partial charge in [-0.25, -0.2) is 4.79 Å². The maximum absolute atomic E-state index is 12.7. The Balaban J connectivity index is 1.74. The van der Waals surface area contributed by atoms with Crippen molar-refractivity contribution in [2.75, 3.05) is 0 Å². The number of ether oxygens (including phenoxy) is 1. The Hall–Kier alpha value is -2.67. The van der Waals surface area contributed by atoms with E-state index in [1.165, 1.54) is 69.8 Å². The molecule has 0 spiro atoms. The quantitative estimate of drug-likeness (QED) is 0.108. The van der Waals surface area contributed by atoms with Gasteiger partial charge >= 0.3 is 5.97 Å². The van der Waals surface area contributed by atoms with Crippen LogP contribution in [0.25, 0.3) is 11.3 Å². The second-order valence-corrected chi connectivity index (χ2v) is 10.7. The SMILES string of the molecule is CCCCCCCCCCCCc1ccc(-c2ccc(OC(=O)C(C)(C#N)CCCCCC)cc2)nc1. The molecule has 0 saturated carbocycles. The number of nitrogens with zero attached hydrogens (tertiary/aromatic N) is 2. The Labute approximate surface area is 225 Å². The molecule has 1 aromatic carbocycles. The number of hydrogen-bond acceptors (Lipinski definition) is 4. The van der Waals surface area contributed by atoms with Gasteiger partial charge in [-0.15, -0.1) is 0 Å².